The van der Waals surface area contributed by atoms with E-state index < -0.39 is 0 Å². The molecule has 0 aromatic carbocycles. The molecule has 0 aromatic heterocycles. The SMILES string of the molecule is CCCNC1CCCCCC1CN(CC(C)C)C1CC1. The summed E-state index contributed by atoms with van der Waals surface area (Å²) in [5.74, 6) is 1.70. The van der Waals surface area contributed by atoms with Crippen LogP contribution in [-0.2, 0) is 0 Å². The van der Waals surface area contributed by atoms with E-state index in [1.165, 1.54) is 71.0 Å². The fourth-order valence-electron chi connectivity index (χ4n) is 3.78. The second kappa shape index (κ2) is 8.38. The first-order valence-corrected chi connectivity index (χ1v) is 9.18. The van der Waals surface area contributed by atoms with Gasteiger partial charge < -0.3 is 5.32 Å². The Bertz CT molecular complexity index is 260. The molecule has 2 heteroatoms. The van der Waals surface area contributed by atoms with Crippen LogP contribution in [0.15, 0.2) is 0 Å². The van der Waals surface area contributed by atoms with Gasteiger partial charge in [0.15, 0.2) is 0 Å². The minimum atomic E-state index is 0.783. The van der Waals surface area contributed by atoms with E-state index in [2.05, 4.69) is 31.0 Å². The molecular formula is C18H36N2. The molecule has 118 valence electrons. The summed E-state index contributed by atoms with van der Waals surface area (Å²) in [6, 6.07) is 1.71. The Morgan fingerprint density at radius 2 is 1.80 bits per heavy atom. The molecular weight excluding hydrogens is 244 g/mol. The summed E-state index contributed by atoms with van der Waals surface area (Å²) < 4.78 is 0. The number of nitrogens with one attached hydrogen (secondary N) is 1. The second-order valence-electron chi connectivity index (χ2n) is 7.54. The third-order valence-corrected chi connectivity index (χ3v) is 4.95. The van der Waals surface area contributed by atoms with Gasteiger partial charge in [0.2, 0.25) is 0 Å². The van der Waals surface area contributed by atoms with Crippen LogP contribution < -0.4 is 5.32 Å². The van der Waals surface area contributed by atoms with Gasteiger partial charge in [-0.15, -0.1) is 0 Å². The van der Waals surface area contributed by atoms with Crippen LogP contribution in [0.3, 0.4) is 0 Å². The van der Waals surface area contributed by atoms with Crippen LogP contribution in [0.4, 0.5) is 0 Å². The molecule has 0 radical (unpaired) electrons. The Balaban J connectivity index is 1.90. The molecule has 0 saturated heterocycles. The fraction of sp³-hybridized carbons (Fsp3) is 1.00. The molecule has 2 saturated carbocycles. The first kappa shape index (κ1) is 16.3. The molecule has 2 fully saturated rings. The van der Waals surface area contributed by atoms with Crippen LogP contribution in [0.5, 0.6) is 0 Å². The summed E-state index contributed by atoms with van der Waals surface area (Å²) in [4.78, 5) is 2.82. The number of rotatable bonds is 8. The van der Waals surface area contributed by atoms with Gasteiger partial charge in [-0.2, -0.15) is 0 Å². The van der Waals surface area contributed by atoms with E-state index >= 15 is 0 Å². The molecule has 0 aromatic rings. The zero-order chi connectivity index (χ0) is 14.4. The molecule has 1 N–H and O–H groups in total. The Labute approximate surface area is 126 Å². The predicted octanol–water partition coefficient (Wildman–Crippen LogP) is 4.06. The third-order valence-electron chi connectivity index (χ3n) is 4.95. The molecule has 20 heavy (non-hydrogen) atoms. The average molecular weight is 281 g/mol. The van der Waals surface area contributed by atoms with Crippen LogP contribution in [0.2, 0.25) is 0 Å². The van der Waals surface area contributed by atoms with E-state index in [4.69, 9.17) is 0 Å². The van der Waals surface area contributed by atoms with Gasteiger partial charge in [-0.25, -0.2) is 0 Å². The lowest BCUT2D eigenvalue weighted by Gasteiger charge is -2.33. The maximum atomic E-state index is 3.85. The highest BCUT2D eigenvalue weighted by molar-refractivity contribution is 4.89. The predicted molar refractivity (Wildman–Crippen MR) is 88.1 cm³/mol. The molecule has 0 spiro atoms. The van der Waals surface area contributed by atoms with E-state index in [0.717, 1.165) is 23.9 Å². The summed E-state index contributed by atoms with van der Waals surface area (Å²) in [6.45, 7) is 10.9. The molecule has 2 unspecified atom stereocenters. The van der Waals surface area contributed by atoms with Crippen LogP contribution >= 0.6 is 0 Å². The Morgan fingerprint density at radius 3 is 2.45 bits per heavy atom. The van der Waals surface area contributed by atoms with E-state index in [1.807, 2.05) is 0 Å². The van der Waals surface area contributed by atoms with E-state index in [-0.39, 0.29) is 0 Å². The largest absolute Gasteiger partial charge is 0.314 e. The standard InChI is InChI=1S/C18H36N2/c1-4-12-19-18-9-7-5-6-8-16(18)14-20(13-15(2)3)17-10-11-17/h15-19H,4-14H2,1-3H3. The minimum absolute atomic E-state index is 0.783. The molecule has 2 rings (SSSR count). The molecule has 2 aliphatic carbocycles. The lowest BCUT2D eigenvalue weighted by molar-refractivity contribution is 0.170. The van der Waals surface area contributed by atoms with Gasteiger partial charge in [0.05, 0.1) is 0 Å². The summed E-state index contributed by atoms with van der Waals surface area (Å²) in [7, 11) is 0. The van der Waals surface area contributed by atoms with Crippen molar-refractivity contribution in [2.75, 3.05) is 19.6 Å². The van der Waals surface area contributed by atoms with Crippen molar-refractivity contribution in [3.8, 4) is 0 Å². The van der Waals surface area contributed by atoms with Gasteiger partial charge >= 0.3 is 0 Å². The highest BCUT2D eigenvalue weighted by atomic mass is 15.2. The van der Waals surface area contributed by atoms with Crippen molar-refractivity contribution in [2.45, 2.75) is 84.2 Å². The zero-order valence-corrected chi connectivity index (χ0v) is 14.0. The van der Waals surface area contributed by atoms with Gasteiger partial charge in [0, 0.05) is 25.2 Å². The van der Waals surface area contributed by atoms with Gasteiger partial charge in [-0.3, -0.25) is 4.90 Å². The third kappa shape index (κ3) is 5.37. The van der Waals surface area contributed by atoms with Gasteiger partial charge in [0.25, 0.3) is 0 Å². The van der Waals surface area contributed by atoms with Crippen molar-refractivity contribution in [1.29, 1.82) is 0 Å². The maximum Gasteiger partial charge on any atom is 0.0107 e. The first-order valence-electron chi connectivity index (χ1n) is 9.18. The summed E-state index contributed by atoms with van der Waals surface area (Å²) in [5.41, 5.74) is 0. The molecule has 0 heterocycles. The summed E-state index contributed by atoms with van der Waals surface area (Å²) in [5, 5.41) is 3.85. The van der Waals surface area contributed by atoms with Gasteiger partial charge in [0.1, 0.15) is 0 Å². The van der Waals surface area contributed by atoms with Crippen molar-refractivity contribution in [3.63, 3.8) is 0 Å². The zero-order valence-electron chi connectivity index (χ0n) is 14.0. The molecule has 0 aliphatic heterocycles. The quantitative estimate of drug-likeness (QED) is 0.675. The monoisotopic (exact) mass is 280 g/mol. The smallest absolute Gasteiger partial charge is 0.0107 e. The number of hydrogen-bond acceptors (Lipinski definition) is 2. The lowest BCUT2D eigenvalue weighted by atomic mass is 9.93. The Morgan fingerprint density at radius 1 is 1.05 bits per heavy atom. The fourth-order valence-corrected chi connectivity index (χ4v) is 3.78. The highest BCUT2D eigenvalue weighted by Crippen LogP contribution is 2.31. The van der Waals surface area contributed by atoms with Crippen molar-refractivity contribution in [2.24, 2.45) is 11.8 Å². The van der Waals surface area contributed by atoms with E-state index in [9.17, 15) is 0 Å². The van der Waals surface area contributed by atoms with E-state index in [1.54, 1.807) is 0 Å². The van der Waals surface area contributed by atoms with Gasteiger partial charge in [-0.05, 0) is 50.5 Å². The molecule has 0 bridgehead atoms. The lowest BCUT2D eigenvalue weighted by Crippen LogP contribution is -2.43. The van der Waals surface area contributed by atoms with E-state index in [0.29, 0.717) is 0 Å². The number of nitrogens with zero attached hydrogens (tertiary/aromatic N) is 1. The first-order chi connectivity index (χ1) is 9.70. The topological polar surface area (TPSA) is 15.3 Å². The van der Waals surface area contributed by atoms with Crippen LogP contribution in [0.25, 0.3) is 0 Å². The molecule has 0 amide bonds. The van der Waals surface area contributed by atoms with Crippen LogP contribution in [-0.4, -0.2) is 36.6 Å². The molecule has 2 aliphatic rings. The normalized spacial score (nSPS) is 28.1. The molecule has 2 nitrogen and oxygen atoms in total. The number of hydrogen-bond donors (Lipinski definition) is 1. The maximum absolute atomic E-state index is 3.85. The van der Waals surface area contributed by atoms with Gasteiger partial charge in [-0.1, -0.05) is 40.0 Å². The van der Waals surface area contributed by atoms with Crippen molar-refractivity contribution >= 4 is 0 Å². The Hall–Kier alpha value is -0.0800. The van der Waals surface area contributed by atoms with Crippen LogP contribution in [0, 0.1) is 11.8 Å². The molecule has 2 atom stereocenters. The average Bonchev–Trinajstić information content (AvgIpc) is 3.23. The Kier molecular flexibility index (Phi) is 6.83. The highest BCUT2D eigenvalue weighted by Gasteiger charge is 2.33. The van der Waals surface area contributed by atoms with Crippen molar-refractivity contribution < 1.29 is 0 Å². The van der Waals surface area contributed by atoms with Crippen molar-refractivity contribution in [3.05, 3.63) is 0 Å². The summed E-state index contributed by atoms with van der Waals surface area (Å²) >= 11 is 0. The summed E-state index contributed by atoms with van der Waals surface area (Å²) in [6.07, 6.45) is 11.4. The minimum Gasteiger partial charge on any atom is -0.314 e. The van der Waals surface area contributed by atoms with Crippen LogP contribution in [0.1, 0.15) is 72.1 Å². The second-order valence-corrected chi connectivity index (χ2v) is 7.54. The van der Waals surface area contributed by atoms with Crippen molar-refractivity contribution in [1.82, 2.24) is 10.2 Å².